The van der Waals surface area contributed by atoms with Gasteiger partial charge in [-0.15, -0.1) is 0 Å². The van der Waals surface area contributed by atoms with Gasteiger partial charge in [0.25, 0.3) is 0 Å². The lowest BCUT2D eigenvalue weighted by Gasteiger charge is -2.41. The van der Waals surface area contributed by atoms with E-state index in [0.29, 0.717) is 12.8 Å². The van der Waals surface area contributed by atoms with Crippen molar-refractivity contribution in [3.05, 3.63) is 24.3 Å². The maximum atomic E-state index is 13.0. The van der Waals surface area contributed by atoms with Crippen LogP contribution < -0.4 is 5.32 Å². The Morgan fingerprint density at radius 3 is 1.86 bits per heavy atom. The predicted octanol–water partition coefficient (Wildman–Crippen LogP) is 4.40. The molecule has 1 amide bonds. The topological polar surface area (TPSA) is 212 Å². The van der Waals surface area contributed by atoms with Crippen LogP contribution in [0.4, 0.5) is 0 Å². The first-order chi connectivity index (χ1) is 23.9. The Morgan fingerprint density at radius 2 is 1.32 bits per heavy atom. The molecule has 1 fully saturated rings. The minimum atomic E-state index is -5.11. The van der Waals surface area contributed by atoms with Gasteiger partial charge >= 0.3 is 10.4 Å². The summed E-state index contributed by atoms with van der Waals surface area (Å²) < 4.78 is 47.1. The van der Waals surface area contributed by atoms with Crippen molar-refractivity contribution in [2.24, 2.45) is 0 Å². The number of nitrogens with one attached hydrogen (secondary N) is 1. The number of unbranched alkanes of at least 4 members (excludes halogenated alkanes) is 15. The predicted molar refractivity (Wildman–Crippen MR) is 191 cm³/mol. The van der Waals surface area contributed by atoms with Crippen molar-refractivity contribution in [3.63, 3.8) is 0 Å². The summed E-state index contributed by atoms with van der Waals surface area (Å²) in [6, 6.07) is -1.12. The molecule has 0 aromatic carbocycles. The van der Waals surface area contributed by atoms with Gasteiger partial charge in [0, 0.05) is 0 Å². The summed E-state index contributed by atoms with van der Waals surface area (Å²) in [5, 5.41) is 54.7. The van der Waals surface area contributed by atoms with E-state index in [1.807, 2.05) is 0 Å². The van der Waals surface area contributed by atoms with E-state index in [0.717, 1.165) is 38.5 Å². The van der Waals surface area contributed by atoms with Crippen LogP contribution in [-0.2, 0) is 28.9 Å². The highest BCUT2D eigenvalue weighted by Crippen LogP contribution is 2.26. The fourth-order valence-corrected chi connectivity index (χ4v) is 6.25. The number of rotatable bonds is 30. The molecule has 1 saturated heterocycles. The SMILES string of the molecule is CCCCCCCC/C=C\CCCCC(O)C(=O)NC(COC1OC(CO)C(O)C(OS(=O)(=O)O)C1O)C(O)/C=C/CCCCCCCCC. The van der Waals surface area contributed by atoms with Crippen molar-refractivity contribution in [2.45, 2.75) is 185 Å². The Bertz CT molecular complexity index is 1030. The first-order valence-electron chi connectivity index (χ1n) is 18.8. The van der Waals surface area contributed by atoms with Gasteiger partial charge in [0.05, 0.1) is 25.4 Å². The first-order valence-corrected chi connectivity index (χ1v) is 20.2. The lowest BCUT2D eigenvalue weighted by atomic mass is 9.99. The Morgan fingerprint density at radius 1 is 0.800 bits per heavy atom. The van der Waals surface area contributed by atoms with Crippen LogP contribution in [0, 0.1) is 0 Å². The van der Waals surface area contributed by atoms with E-state index in [9.17, 15) is 38.7 Å². The highest BCUT2D eigenvalue weighted by Gasteiger charge is 2.48. The molecule has 0 radical (unpaired) electrons. The molecule has 14 heteroatoms. The summed E-state index contributed by atoms with van der Waals surface area (Å²) in [5.74, 6) is -0.724. The van der Waals surface area contributed by atoms with Crippen LogP contribution in [0.2, 0.25) is 0 Å². The Labute approximate surface area is 300 Å². The molecule has 7 N–H and O–H groups in total. The zero-order chi connectivity index (χ0) is 37.2. The minimum absolute atomic E-state index is 0.212. The van der Waals surface area contributed by atoms with Gasteiger partial charge in [-0.1, -0.05) is 115 Å². The normalized spacial score (nSPS) is 23.4. The van der Waals surface area contributed by atoms with Gasteiger partial charge in [0.15, 0.2) is 6.29 Å². The number of carbonyl (C=O) groups is 1. The third kappa shape index (κ3) is 21.2. The van der Waals surface area contributed by atoms with Crippen LogP contribution in [0.5, 0.6) is 0 Å². The Balaban J connectivity index is 2.74. The van der Waals surface area contributed by atoms with Crippen molar-refractivity contribution in [2.75, 3.05) is 13.2 Å². The van der Waals surface area contributed by atoms with E-state index in [2.05, 4.69) is 35.5 Å². The highest BCUT2D eigenvalue weighted by molar-refractivity contribution is 7.80. The molecule has 1 aliphatic rings. The summed E-state index contributed by atoms with van der Waals surface area (Å²) in [5.41, 5.74) is 0. The highest BCUT2D eigenvalue weighted by atomic mass is 32.3. The number of hydrogen-bond donors (Lipinski definition) is 7. The standard InChI is InChI=1S/C36H67NO12S/c1-3-5-7-9-11-13-14-15-17-19-21-23-25-30(40)35(43)37-28(29(39)24-22-20-18-16-12-10-8-6-4-2)27-47-36-33(42)34(49-50(44,45)46)32(41)31(26-38)48-36/h15,17,22,24,28-34,36,38-42H,3-14,16,18-21,23,25-27H2,1-2H3,(H,37,43)(H,44,45,46)/b17-15-,24-22+. The van der Waals surface area contributed by atoms with Gasteiger partial charge in [0.1, 0.15) is 30.5 Å². The van der Waals surface area contributed by atoms with Gasteiger partial charge in [-0.25, -0.2) is 4.18 Å². The molecule has 0 bridgehead atoms. The second-order valence-electron chi connectivity index (χ2n) is 13.3. The molecule has 8 unspecified atom stereocenters. The number of allylic oxidation sites excluding steroid dienone is 3. The van der Waals surface area contributed by atoms with E-state index in [-0.39, 0.29) is 6.42 Å². The quantitative estimate of drug-likeness (QED) is 0.0311. The molecule has 1 heterocycles. The van der Waals surface area contributed by atoms with Crippen LogP contribution in [0.15, 0.2) is 24.3 Å². The van der Waals surface area contributed by atoms with Crippen LogP contribution >= 0.6 is 0 Å². The zero-order valence-corrected chi connectivity index (χ0v) is 31.1. The number of carbonyl (C=O) groups excluding carboxylic acids is 1. The molecule has 0 aliphatic carbocycles. The fourth-order valence-electron chi connectivity index (χ4n) is 5.75. The van der Waals surface area contributed by atoms with Crippen LogP contribution in [0.25, 0.3) is 0 Å². The number of hydrogen-bond acceptors (Lipinski definition) is 11. The number of ether oxygens (including phenoxy) is 2. The van der Waals surface area contributed by atoms with E-state index in [1.165, 1.54) is 70.3 Å². The molecule has 50 heavy (non-hydrogen) atoms. The van der Waals surface area contributed by atoms with Crippen molar-refractivity contribution < 1.29 is 57.0 Å². The lowest BCUT2D eigenvalue weighted by Crippen LogP contribution is -2.61. The molecule has 0 saturated carbocycles. The molecule has 1 rings (SSSR count). The zero-order valence-electron chi connectivity index (χ0n) is 30.3. The molecule has 0 spiro atoms. The second-order valence-corrected chi connectivity index (χ2v) is 14.3. The number of aliphatic hydroxyl groups is 5. The summed E-state index contributed by atoms with van der Waals surface area (Å²) in [7, 11) is -5.11. The molecule has 1 aliphatic heterocycles. The fraction of sp³-hybridized carbons (Fsp3) is 0.861. The monoisotopic (exact) mass is 737 g/mol. The molecular formula is C36H67NO12S. The van der Waals surface area contributed by atoms with E-state index in [4.69, 9.17) is 14.0 Å². The first kappa shape index (κ1) is 46.6. The summed E-state index contributed by atoms with van der Waals surface area (Å²) in [6.07, 6.45) is 15.9. The average molecular weight is 738 g/mol. The third-order valence-electron chi connectivity index (χ3n) is 8.83. The maximum Gasteiger partial charge on any atom is 0.397 e. The molecule has 0 aromatic heterocycles. The minimum Gasteiger partial charge on any atom is -0.394 e. The van der Waals surface area contributed by atoms with Crippen LogP contribution in [0.3, 0.4) is 0 Å². The van der Waals surface area contributed by atoms with Crippen molar-refractivity contribution in [3.8, 4) is 0 Å². The summed E-state index contributed by atoms with van der Waals surface area (Å²) >= 11 is 0. The van der Waals surface area contributed by atoms with Crippen LogP contribution in [0.1, 0.15) is 136 Å². The molecule has 294 valence electrons. The average Bonchev–Trinajstić information content (AvgIpc) is 3.08. The van der Waals surface area contributed by atoms with Crippen LogP contribution in [-0.4, -0.2) is 107 Å². The maximum absolute atomic E-state index is 13.0. The van der Waals surface area contributed by atoms with Gasteiger partial charge < -0.3 is 40.3 Å². The van der Waals surface area contributed by atoms with E-state index in [1.54, 1.807) is 6.08 Å². The summed E-state index contributed by atoms with van der Waals surface area (Å²) in [6.45, 7) is 3.10. The van der Waals surface area contributed by atoms with Gasteiger partial charge in [0.2, 0.25) is 5.91 Å². The van der Waals surface area contributed by atoms with Crippen molar-refractivity contribution >= 4 is 16.3 Å². The van der Waals surface area contributed by atoms with E-state index < -0.39 is 78.5 Å². The van der Waals surface area contributed by atoms with Gasteiger partial charge in [-0.2, -0.15) is 8.42 Å². The lowest BCUT2D eigenvalue weighted by molar-refractivity contribution is -0.298. The number of amides is 1. The Hall–Kier alpha value is -1.46. The molecule has 13 nitrogen and oxygen atoms in total. The van der Waals surface area contributed by atoms with Crippen molar-refractivity contribution in [1.29, 1.82) is 0 Å². The number of aliphatic hydroxyl groups excluding tert-OH is 5. The Kier molecular flexibility index (Phi) is 26.2. The smallest absolute Gasteiger partial charge is 0.394 e. The van der Waals surface area contributed by atoms with Gasteiger partial charge in [-0.3, -0.25) is 9.35 Å². The van der Waals surface area contributed by atoms with Gasteiger partial charge in [-0.05, 0) is 44.9 Å². The van der Waals surface area contributed by atoms with E-state index >= 15 is 0 Å². The molecule has 8 atom stereocenters. The third-order valence-corrected chi connectivity index (χ3v) is 9.30. The molecule has 0 aromatic rings. The molecular weight excluding hydrogens is 670 g/mol. The largest absolute Gasteiger partial charge is 0.397 e. The second kappa shape index (κ2) is 28.1. The van der Waals surface area contributed by atoms with Crippen molar-refractivity contribution in [1.82, 2.24) is 5.32 Å². The summed E-state index contributed by atoms with van der Waals surface area (Å²) in [4.78, 5) is 13.0.